The molecule has 192 valence electrons. The summed E-state index contributed by atoms with van der Waals surface area (Å²) in [5, 5.41) is 15.2. The van der Waals surface area contributed by atoms with Gasteiger partial charge in [-0.3, -0.25) is 13.7 Å². The third-order valence-electron chi connectivity index (χ3n) is 6.67. The zero-order chi connectivity index (χ0) is 25.8. The number of nitrogens with two attached hydrogens (primary N) is 1. The van der Waals surface area contributed by atoms with E-state index < -0.39 is 10.3 Å². The second-order valence-corrected chi connectivity index (χ2v) is 10.5. The molecule has 0 aliphatic heterocycles. The van der Waals surface area contributed by atoms with Gasteiger partial charge in [0.15, 0.2) is 0 Å². The van der Waals surface area contributed by atoms with Crippen molar-refractivity contribution in [2.45, 2.75) is 38.3 Å². The van der Waals surface area contributed by atoms with Gasteiger partial charge in [0.2, 0.25) is 5.78 Å². The first-order valence-electron chi connectivity index (χ1n) is 12.1. The van der Waals surface area contributed by atoms with Crippen molar-refractivity contribution in [3.05, 3.63) is 84.1 Å². The molecule has 2 heterocycles. The predicted molar refractivity (Wildman–Crippen MR) is 139 cm³/mol. The summed E-state index contributed by atoms with van der Waals surface area (Å²) in [6.07, 6.45) is 7.72. The van der Waals surface area contributed by atoms with E-state index in [2.05, 4.69) is 50.7 Å². The van der Waals surface area contributed by atoms with Gasteiger partial charge in [-0.05, 0) is 54.0 Å². The van der Waals surface area contributed by atoms with Gasteiger partial charge in [-0.1, -0.05) is 42.5 Å². The van der Waals surface area contributed by atoms with Gasteiger partial charge in [-0.25, -0.2) is 15.1 Å². The normalized spacial score (nSPS) is 17.8. The molecule has 3 N–H and O–H groups in total. The molecule has 0 saturated heterocycles. The van der Waals surface area contributed by atoms with Gasteiger partial charge in [-0.2, -0.15) is 13.5 Å². The van der Waals surface area contributed by atoms with Crippen LogP contribution in [-0.2, 0) is 27.5 Å². The van der Waals surface area contributed by atoms with Crippen LogP contribution >= 0.6 is 0 Å². The van der Waals surface area contributed by atoms with Crippen LogP contribution in [0.15, 0.2) is 67.3 Å². The number of carbonyl (C=O) groups excluding carboxylic acids is 1. The first kappa shape index (κ1) is 25.0. The molecule has 2 aromatic carbocycles. The summed E-state index contributed by atoms with van der Waals surface area (Å²) in [7, 11) is -3.96. The lowest BCUT2D eigenvalue weighted by atomic mass is 10.0. The van der Waals surface area contributed by atoms with Crippen molar-refractivity contribution in [2.75, 3.05) is 11.9 Å². The van der Waals surface area contributed by atoms with Gasteiger partial charge in [0.1, 0.15) is 17.8 Å². The standard InChI is InChI=1S/C26H28N6O4S/c27-37(34,35)36-16-18-8-9-21(14-18)30-26-23(15-28-17-29-26)25(33)24-11-13-32(31-24)12-10-20-6-3-5-19-4-1-2-7-22(19)20/h1-7,11,13,15,17-18,21H,8-10,12,14,16H2,(H2,27,34,35)(H,28,29,30). The van der Waals surface area contributed by atoms with Crippen LogP contribution in [-0.4, -0.2) is 46.6 Å². The molecule has 1 fully saturated rings. The molecule has 0 spiro atoms. The molecule has 0 bridgehead atoms. The molecule has 2 aromatic heterocycles. The molecule has 11 heteroatoms. The summed E-state index contributed by atoms with van der Waals surface area (Å²) in [5.41, 5.74) is 1.89. The molecule has 1 aliphatic carbocycles. The SMILES string of the molecule is NS(=O)(=O)OCC1CCC(Nc2ncncc2C(=O)c2ccn(CCc3cccc4ccccc34)n2)C1. The summed E-state index contributed by atoms with van der Waals surface area (Å²) in [5.74, 6) is 0.219. The third kappa shape index (κ3) is 6.19. The quantitative estimate of drug-likeness (QED) is 0.304. The molecule has 10 nitrogen and oxygen atoms in total. The Balaban J connectivity index is 1.23. The molecule has 0 amide bonds. The average Bonchev–Trinajstić information content (AvgIpc) is 3.55. The van der Waals surface area contributed by atoms with Gasteiger partial charge >= 0.3 is 10.3 Å². The Labute approximate surface area is 215 Å². The number of aryl methyl sites for hydroxylation is 2. The van der Waals surface area contributed by atoms with Crippen LogP contribution in [0.1, 0.15) is 40.9 Å². The predicted octanol–water partition coefficient (Wildman–Crippen LogP) is 3.10. The van der Waals surface area contributed by atoms with E-state index >= 15 is 0 Å². The number of anilines is 1. The number of benzene rings is 2. The number of carbonyl (C=O) groups is 1. The minimum atomic E-state index is -3.96. The van der Waals surface area contributed by atoms with Crippen LogP contribution in [0.2, 0.25) is 0 Å². The van der Waals surface area contributed by atoms with Crippen molar-refractivity contribution in [1.29, 1.82) is 0 Å². The highest BCUT2D eigenvalue weighted by Crippen LogP contribution is 2.29. The Morgan fingerprint density at radius 1 is 1.14 bits per heavy atom. The van der Waals surface area contributed by atoms with Crippen molar-refractivity contribution >= 4 is 32.7 Å². The lowest BCUT2D eigenvalue weighted by molar-refractivity contribution is 0.103. The number of hydrogen-bond donors (Lipinski definition) is 2. The summed E-state index contributed by atoms with van der Waals surface area (Å²) >= 11 is 0. The molecule has 0 radical (unpaired) electrons. The summed E-state index contributed by atoms with van der Waals surface area (Å²) in [6, 6.07) is 16.3. The van der Waals surface area contributed by atoms with Crippen molar-refractivity contribution in [3.8, 4) is 0 Å². The highest BCUT2D eigenvalue weighted by molar-refractivity contribution is 7.84. The molecule has 2 atom stereocenters. The van der Waals surface area contributed by atoms with E-state index in [1.165, 1.54) is 28.9 Å². The van der Waals surface area contributed by atoms with Gasteiger partial charge in [-0.15, -0.1) is 0 Å². The number of nitrogens with one attached hydrogen (secondary N) is 1. The summed E-state index contributed by atoms with van der Waals surface area (Å²) in [4.78, 5) is 21.6. The van der Waals surface area contributed by atoms with Gasteiger partial charge in [0.25, 0.3) is 0 Å². The maximum Gasteiger partial charge on any atom is 0.333 e. The highest BCUT2D eigenvalue weighted by atomic mass is 32.2. The average molecular weight is 521 g/mol. The van der Waals surface area contributed by atoms with E-state index in [4.69, 9.17) is 9.32 Å². The molecular weight excluding hydrogens is 492 g/mol. The molecule has 5 rings (SSSR count). The van der Waals surface area contributed by atoms with Crippen LogP contribution in [0, 0.1) is 5.92 Å². The molecule has 1 saturated carbocycles. The molecule has 4 aromatic rings. The number of rotatable bonds is 10. The maximum atomic E-state index is 13.3. The van der Waals surface area contributed by atoms with Gasteiger partial charge < -0.3 is 5.32 Å². The van der Waals surface area contributed by atoms with Crippen LogP contribution in [0.5, 0.6) is 0 Å². The van der Waals surface area contributed by atoms with E-state index in [9.17, 15) is 13.2 Å². The number of nitrogens with zero attached hydrogens (tertiary/aromatic N) is 4. The van der Waals surface area contributed by atoms with E-state index in [0.29, 0.717) is 30.0 Å². The first-order valence-corrected chi connectivity index (χ1v) is 13.6. The second-order valence-electron chi connectivity index (χ2n) is 9.26. The van der Waals surface area contributed by atoms with Gasteiger partial charge in [0, 0.05) is 25.0 Å². The van der Waals surface area contributed by atoms with Crippen molar-refractivity contribution in [1.82, 2.24) is 19.7 Å². The zero-order valence-corrected chi connectivity index (χ0v) is 21.0. The Morgan fingerprint density at radius 2 is 1.97 bits per heavy atom. The Bertz CT molecular complexity index is 1520. The maximum absolute atomic E-state index is 13.3. The molecular formula is C26H28N6O4S. The fourth-order valence-corrected chi connectivity index (χ4v) is 5.23. The fourth-order valence-electron chi connectivity index (χ4n) is 4.84. The Hall–Kier alpha value is -3.67. The number of hydrogen-bond acceptors (Lipinski definition) is 8. The first-order chi connectivity index (χ1) is 17.9. The minimum Gasteiger partial charge on any atom is -0.367 e. The largest absolute Gasteiger partial charge is 0.367 e. The summed E-state index contributed by atoms with van der Waals surface area (Å²) < 4.78 is 28.6. The van der Waals surface area contributed by atoms with E-state index in [1.807, 2.05) is 18.3 Å². The summed E-state index contributed by atoms with van der Waals surface area (Å²) in [6.45, 7) is 0.685. The zero-order valence-electron chi connectivity index (χ0n) is 20.2. The van der Waals surface area contributed by atoms with E-state index in [-0.39, 0.29) is 24.3 Å². The van der Waals surface area contributed by atoms with E-state index in [1.54, 1.807) is 10.7 Å². The van der Waals surface area contributed by atoms with Crippen LogP contribution < -0.4 is 10.5 Å². The third-order valence-corrected chi connectivity index (χ3v) is 7.14. The number of fused-ring (bicyclic) bond motifs is 1. The lowest BCUT2D eigenvalue weighted by Crippen LogP contribution is -2.22. The fraction of sp³-hybridized carbons (Fsp3) is 0.308. The molecule has 1 aliphatic rings. The monoisotopic (exact) mass is 520 g/mol. The smallest absolute Gasteiger partial charge is 0.333 e. The Morgan fingerprint density at radius 3 is 2.84 bits per heavy atom. The van der Waals surface area contributed by atoms with Crippen LogP contribution in [0.4, 0.5) is 5.82 Å². The molecule has 2 unspecified atom stereocenters. The second kappa shape index (κ2) is 10.8. The van der Waals surface area contributed by atoms with Crippen LogP contribution in [0.3, 0.4) is 0 Å². The van der Waals surface area contributed by atoms with Crippen molar-refractivity contribution in [3.63, 3.8) is 0 Å². The minimum absolute atomic E-state index is 0.0220. The molecule has 37 heavy (non-hydrogen) atoms. The highest BCUT2D eigenvalue weighted by Gasteiger charge is 2.28. The van der Waals surface area contributed by atoms with Gasteiger partial charge in [0.05, 0.1) is 12.2 Å². The van der Waals surface area contributed by atoms with Crippen LogP contribution in [0.25, 0.3) is 10.8 Å². The number of aromatic nitrogens is 4. The lowest BCUT2D eigenvalue weighted by Gasteiger charge is -2.15. The van der Waals surface area contributed by atoms with Crippen molar-refractivity contribution < 1.29 is 17.4 Å². The Kier molecular flexibility index (Phi) is 7.26. The number of ketones is 1. The van der Waals surface area contributed by atoms with E-state index in [0.717, 1.165) is 19.3 Å². The topological polar surface area (TPSA) is 142 Å². The van der Waals surface area contributed by atoms with Crippen molar-refractivity contribution in [2.24, 2.45) is 11.1 Å².